The summed E-state index contributed by atoms with van der Waals surface area (Å²) in [5.41, 5.74) is 2.20. The highest BCUT2D eigenvalue weighted by Gasteiger charge is 2.11. The molecule has 5 nitrogen and oxygen atoms in total. The molecule has 0 spiro atoms. The van der Waals surface area contributed by atoms with Crippen LogP contribution >= 0.6 is 0 Å². The number of aromatic nitrogens is 1. The molecule has 0 bridgehead atoms. The fourth-order valence-corrected chi connectivity index (χ4v) is 2.78. The van der Waals surface area contributed by atoms with Gasteiger partial charge in [-0.2, -0.15) is 0 Å². The van der Waals surface area contributed by atoms with Gasteiger partial charge in [0.1, 0.15) is 6.61 Å². The minimum Gasteiger partial charge on any atom is -0.473 e. The van der Waals surface area contributed by atoms with Crippen molar-refractivity contribution < 1.29 is 4.74 Å². The van der Waals surface area contributed by atoms with Crippen LogP contribution in [0.15, 0.2) is 65.8 Å². The lowest BCUT2D eigenvalue weighted by Gasteiger charge is -2.16. The van der Waals surface area contributed by atoms with E-state index in [2.05, 4.69) is 39.7 Å². The van der Waals surface area contributed by atoms with Crippen molar-refractivity contribution in [3.63, 3.8) is 0 Å². The van der Waals surface area contributed by atoms with E-state index in [1.54, 1.807) is 6.20 Å². The quantitative estimate of drug-likeness (QED) is 0.456. The second kappa shape index (κ2) is 9.61. The van der Waals surface area contributed by atoms with Crippen LogP contribution in [0.4, 0.5) is 0 Å². The summed E-state index contributed by atoms with van der Waals surface area (Å²) in [7, 11) is 0. The van der Waals surface area contributed by atoms with Crippen molar-refractivity contribution in [3.05, 3.63) is 71.9 Å². The first-order valence-corrected chi connectivity index (χ1v) is 9.15. The summed E-state index contributed by atoms with van der Waals surface area (Å²) in [6.07, 6.45) is 8.29. The van der Waals surface area contributed by atoms with Crippen LogP contribution in [0.1, 0.15) is 30.9 Å². The number of benzene rings is 1. The first-order valence-electron chi connectivity index (χ1n) is 9.15. The summed E-state index contributed by atoms with van der Waals surface area (Å²) in [5.74, 6) is 1.48. The van der Waals surface area contributed by atoms with Gasteiger partial charge in [-0.25, -0.2) is 9.98 Å². The third-order valence-electron chi connectivity index (χ3n) is 4.14. The minimum absolute atomic E-state index is 0.440. The van der Waals surface area contributed by atoms with Crippen LogP contribution < -0.4 is 15.4 Å². The number of aliphatic imine (C=N–C) groups is 1. The van der Waals surface area contributed by atoms with Gasteiger partial charge in [-0.15, -0.1) is 0 Å². The van der Waals surface area contributed by atoms with Gasteiger partial charge in [-0.3, -0.25) is 0 Å². The predicted molar refractivity (Wildman–Crippen MR) is 105 cm³/mol. The third-order valence-corrected chi connectivity index (χ3v) is 4.14. The predicted octanol–water partition coefficient (Wildman–Crippen LogP) is 3.43. The van der Waals surface area contributed by atoms with E-state index in [0.717, 1.165) is 36.5 Å². The Bertz CT molecular complexity index is 735. The molecule has 0 atom stereocenters. The van der Waals surface area contributed by atoms with Crippen molar-refractivity contribution >= 4 is 5.96 Å². The average molecular weight is 350 g/mol. The molecule has 26 heavy (non-hydrogen) atoms. The fraction of sp³-hybridized carbons (Fsp3) is 0.333. The monoisotopic (exact) mass is 350 g/mol. The van der Waals surface area contributed by atoms with Crippen LogP contribution in [0, 0.1) is 0 Å². The van der Waals surface area contributed by atoms with E-state index in [1.807, 2.05) is 42.5 Å². The second-order valence-corrected chi connectivity index (χ2v) is 6.26. The van der Waals surface area contributed by atoms with Crippen molar-refractivity contribution in [2.45, 2.75) is 39.0 Å². The van der Waals surface area contributed by atoms with Gasteiger partial charge in [-0.1, -0.05) is 42.5 Å². The molecule has 2 aromatic rings. The summed E-state index contributed by atoms with van der Waals surface area (Å²) in [6, 6.07) is 14.5. The first kappa shape index (κ1) is 18.0. The molecule has 1 aliphatic carbocycles. The summed E-state index contributed by atoms with van der Waals surface area (Å²) in [4.78, 5) is 8.98. The third kappa shape index (κ3) is 5.62. The zero-order valence-electron chi connectivity index (χ0n) is 15.2. The molecule has 1 aromatic heterocycles. The van der Waals surface area contributed by atoms with Gasteiger partial charge in [0.25, 0.3) is 0 Å². The van der Waals surface area contributed by atoms with Gasteiger partial charge >= 0.3 is 0 Å². The Hall–Kier alpha value is -2.82. The number of pyridine rings is 1. The number of rotatable bonds is 7. The van der Waals surface area contributed by atoms with Gasteiger partial charge in [0.05, 0.1) is 6.54 Å². The molecule has 0 saturated carbocycles. The number of hydrogen-bond acceptors (Lipinski definition) is 3. The number of nitrogens with zero attached hydrogens (tertiary/aromatic N) is 2. The van der Waals surface area contributed by atoms with Crippen LogP contribution in [0.3, 0.4) is 0 Å². The van der Waals surface area contributed by atoms with Gasteiger partial charge in [0.15, 0.2) is 5.96 Å². The molecule has 5 heteroatoms. The number of nitrogens with one attached hydrogen (secondary N) is 2. The summed E-state index contributed by atoms with van der Waals surface area (Å²) in [6.45, 7) is 4.01. The Morgan fingerprint density at radius 1 is 1.15 bits per heavy atom. The largest absolute Gasteiger partial charge is 0.473 e. The van der Waals surface area contributed by atoms with Crippen molar-refractivity contribution in [1.82, 2.24) is 15.6 Å². The van der Waals surface area contributed by atoms with Crippen LogP contribution in [-0.4, -0.2) is 23.5 Å². The van der Waals surface area contributed by atoms with Crippen molar-refractivity contribution in [3.8, 4) is 5.88 Å². The topological polar surface area (TPSA) is 58.5 Å². The lowest BCUT2D eigenvalue weighted by atomic mass is 10.2. The molecular weight excluding hydrogens is 324 g/mol. The smallest absolute Gasteiger partial charge is 0.213 e. The molecule has 0 saturated heterocycles. The first-order chi connectivity index (χ1) is 12.8. The van der Waals surface area contributed by atoms with Gasteiger partial charge < -0.3 is 15.4 Å². The van der Waals surface area contributed by atoms with E-state index in [4.69, 9.17) is 4.74 Å². The molecule has 0 fully saturated rings. The highest BCUT2D eigenvalue weighted by molar-refractivity contribution is 5.80. The summed E-state index contributed by atoms with van der Waals surface area (Å²) in [5, 5.41) is 6.78. The van der Waals surface area contributed by atoms with E-state index in [-0.39, 0.29) is 0 Å². The van der Waals surface area contributed by atoms with E-state index >= 15 is 0 Å². The molecule has 136 valence electrons. The van der Waals surface area contributed by atoms with Crippen LogP contribution in [0.5, 0.6) is 5.88 Å². The number of guanidine groups is 1. The lowest BCUT2D eigenvalue weighted by molar-refractivity contribution is 0.293. The summed E-state index contributed by atoms with van der Waals surface area (Å²) >= 11 is 0. The Kier molecular flexibility index (Phi) is 6.65. The maximum Gasteiger partial charge on any atom is 0.213 e. The molecule has 1 aliphatic rings. The molecule has 0 radical (unpaired) electrons. The number of ether oxygens (including phenoxy) is 1. The lowest BCUT2D eigenvalue weighted by Crippen LogP contribution is -2.42. The molecule has 1 heterocycles. The molecule has 0 aliphatic heterocycles. The second-order valence-electron chi connectivity index (χ2n) is 6.26. The van der Waals surface area contributed by atoms with Gasteiger partial charge in [0.2, 0.25) is 5.88 Å². The van der Waals surface area contributed by atoms with E-state index < -0.39 is 0 Å². The standard InChI is InChI=1S/C21H26N4O/c1-2-22-21(25-19-10-6-7-11-19)24-15-18-12-13-23-20(14-18)26-16-17-8-4-3-5-9-17/h3-9,12-14,19H,2,10-11,15-16H2,1H3,(H2,22,24,25). The summed E-state index contributed by atoms with van der Waals surface area (Å²) < 4.78 is 5.80. The highest BCUT2D eigenvalue weighted by atomic mass is 16.5. The zero-order chi connectivity index (χ0) is 18.0. The Balaban J connectivity index is 1.57. The maximum absolute atomic E-state index is 5.80. The highest BCUT2D eigenvalue weighted by Crippen LogP contribution is 2.13. The van der Waals surface area contributed by atoms with Crippen LogP contribution in [0.2, 0.25) is 0 Å². The Labute approximate surface area is 155 Å². The number of hydrogen-bond donors (Lipinski definition) is 2. The van der Waals surface area contributed by atoms with E-state index in [1.165, 1.54) is 0 Å². The van der Waals surface area contributed by atoms with Crippen molar-refractivity contribution in [2.24, 2.45) is 4.99 Å². The van der Waals surface area contributed by atoms with Gasteiger partial charge in [-0.05, 0) is 37.0 Å². The molecule has 2 N–H and O–H groups in total. The van der Waals surface area contributed by atoms with E-state index in [0.29, 0.717) is 25.1 Å². The molecule has 0 amide bonds. The van der Waals surface area contributed by atoms with E-state index in [9.17, 15) is 0 Å². The molecule has 0 unspecified atom stereocenters. The van der Waals surface area contributed by atoms with Gasteiger partial charge in [0, 0.05) is 24.8 Å². The normalized spacial score (nSPS) is 14.4. The Morgan fingerprint density at radius 2 is 1.96 bits per heavy atom. The Morgan fingerprint density at radius 3 is 2.73 bits per heavy atom. The average Bonchev–Trinajstić information content (AvgIpc) is 3.19. The fourth-order valence-electron chi connectivity index (χ4n) is 2.78. The van der Waals surface area contributed by atoms with Crippen molar-refractivity contribution in [2.75, 3.05) is 6.54 Å². The minimum atomic E-state index is 0.440. The zero-order valence-corrected chi connectivity index (χ0v) is 15.2. The SMILES string of the molecule is CCNC(=NCc1ccnc(OCc2ccccc2)c1)NC1CC=CC1. The molecular formula is C21H26N4O. The molecule has 3 rings (SSSR count). The van der Waals surface area contributed by atoms with Crippen LogP contribution in [0.25, 0.3) is 0 Å². The van der Waals surface area contributed by atoms with Crippen LogP contribution in [-0.2, 0) is 13.2 Å². The van der Waals surface area contributed by atoms with Crippen molar-refractivity contribution in [1.29, 1.82) is 0 Å². The molecule has 1 aromatic carbocycles. The maximum atomic E-state index is 5.80.